The Morgan fingerprint density at radius 2 is 1.02 bits per heavy atom. The van der Waals surface area contributed by atoms with E-state index in [1.54, 1.807) is 0 Å². The van der Waals surface area contributed by atoms with E-state index in [0.717, 1.165) is 55.4 Å². The maximum Gasteiger partial charge on any atom is 0.146 e. The number of rotatable bonds is 2. The number of nitrogens with zero attached hydrogens (tertiary/aromatic N) is 5. The average Bonchev–Trinajstić information content (AvgIpc) is 3.79. The summed E-state index contributed by atoms with van der Waals surface area (Å²) in [5.41, 5.74) is 12.0. The standard InChI is InChI=1S/C42H25N5/c1-3-12-26(13-4-1)45-33-18-9-7-16-28(33)39-35(45)21-22-36-40(39)31-24-29-30(25-38(31)46(36)27-14-5-2-6-15-27)42-44-32-17-8-10-19-34(32)47(42)37-20-11-23-43-41(29)37/h1-25H. The fraction of sp³-hybridized carbons (Fsp3) is 0. The smallest absolute Gasteiger partial charge is 0.146 e. The minimum atomic E-state index is 0.944. The molecule has 218 valence electrons. The topological polar surface area (TPSA) is 40.0 Å². The molecule has 0 spiro atoms. The first-order chi connectivity index (χ1) is 23.3. The predicted molar refractivity (Wildman–Crippen MR) is 194 cm³/mol. The van der Waals surface area contributed by atoms with Crippen LogP contribution in [0.25, 0.3) is 93.5 Å². The van der Waals surface area contributed by atoms with Gasteiger partial charge in [-0.3, -0.25) is 9.38 Å². The van der Waals surface area contributed by atoms with Crippen LogP contribution in [0.3, 0.4) is 0 Å². The molecule has 5 heteroatoms. The number of aromatic nitrogens is 5. The van der Waals surface area contributed by atoms with Gasteiger partial charge in [0.25, 0.3) is 0 Å². The third kappa shape index (κ3) is 3.22. The molecule has 0 N–H and O–H groups in total. The lowest BCUT2D eigenvalue weighted by Gasteiger charge is -2.11. The van der Waals surface area contributed by atoms with Crippen molar-refractivity contribution in [3.63, 3.8) is 0 Å². The summed E-state index contributed by atoms with van der Waals surface area (Å²) in [4.78, 5) is 10.2. The van der Waals surface area contributed by atoms with E-state index in [0.29, 0.717) is 0 Å². The minimum Gasteiger partial charge on any atom is -0.309 e. The predicted octanol–water partition coefficient (Wildman–Crippen LogP) is 10.4. The Labute approximate surface area is 268 Å². The SMILES string of the molecule is c1ccc(-n2c3ccccc3c3c4c5cc6c(cc5n(-c5ccccc5)c4ccc32)c2nc3ccccc3n2c2cccnc62)cc1. The molecule has 11 aromatic rings. The quantitative estimate of drug-likeness (QED) is 0.186. The zero-order valence-corrected chi connectivity index (χ0v) is 25.2. The third-order valence-electron chi connectivity index (χ3n) is 9.82. The van der Waals surface area contributed by atoms with Gasteiger partial charge in [0.2, 0.25) is 0 Å². The van der Waals surface area contributed by atoms with Crippen LogP contribution in [0.5, 0.6) is 0 Å². The Bertz CT molecular complexity index is 3060. The van der Waals surface area contributed by atoms with E-state index in [2.05, 4.69) is 153 Å². The third-order valence-corrected chi connectivity index (χ3v) is 9.82. The number of para-hydroxylation sites is 5. The zero-order chi connectivity index (χ0) is 30.6. The van der Waals surface area contributed by atoms with Gasteiger partial charge in [-0.15, -0.1) is 0 Å². The fourth-order valence-corrected chi connectivity index (χ4v) is 7.94. The molecule has 0 saturated heterocycles. The van der Waals surface area contributed by atoms with E-state index in [1.807, 2.05) is 12.3 Å². The van der Waals surface area contributed by atoms with Gasteiger partial charge in [0.05, 0.1) is 44.1 Å². The van der Waals surface area contributed by atoms with Crippen molar-refractivity contribution in [1.82, 2.24) is 23.5 Å². The van der Waals surface area contributed by atoms with E-state index in [9.17, 15) is 0 Å². The number of pyridine rings is 2. The largest absolute Gasteiger partial charge is 0.309 e. The molecule has 5 aromatic heterocycles. The highest BCUT2D eigenvalue weighted by Crippen LogP contribution is 2.44. The summed E-state index contributed by atoms with van der Waals surface area (Å²) in [7, 11) is 0. The van der Waals surface area contributed by atoms with Crippen molar-refractivity contribution in [3.8, 4) is 11.4 Å². The molecule has 0 radical (unpaired) electrons. The van der Waals surface area contributed by atoms with Crippen LogP contribution in [0.1, 0.15) is 0 Å². The highest BCUT2D eigenvalue weighted by Gasteiger charge is 2.23. The first-order valence-corrected chi connectivity index (χ1v) is 15.9. The Morgan fingerprint density at radius 1 is 0.404 bits per heavy atom. The Hall–Kier alpha value is -6.46. The maximum atomic E-state index is 5.21. The summed E-state index contributed by atoms with van der Waals surface area (Å²) in [5, 5.41) is 7.12. The van der Waals surface area contributed by atoms with Crippen LogP contribution in [-0.4, -0.2) is 23.5 Å². The second-order valence-corrected chi connectivity index (χ2v) is 12.3. The lowest BCUT2D eigenvalue weighted by atomic mass is 10.0. The molecule has 5 nitrogen and oxygen atoms in total. The maximum absolute atomic E-state index is 5.21. The molecular formula is C42H25N5. The molecule has 0 aliphatic rings. The fourth-order valence-electron chi connectivity index (χ4n) is 7.94. The van der Waals surface area contributed by atoms with Gasteiger partial charge < -0.3 is 9.13 Å². The molecular weight excluding hydrogens is 574 g/mol. The molecule has 0 atom stereocenters. The van der Waals surface area contributed by atoms with Crippen molar-refractivity contribution in [2.24, 2.45) is 0 Å². The van der Waals surface area contributed by atoms with Crippen molar-refractivity contribution in [1.29, 1.82) is 0 Å². The summed E-state index contributed by atoms with van der Waals surface area (Å²) in [6, 6.07) is 52.0. The van der Waals surface area contributed by atoms with Gasteiger partial charge in [-0.1, -0.05) is 66.7 Å². The van der Waals surface area contributed by atoms with Crippen molar-refractivity contribution in [2.45, 2.75) is 0 Å². The van der Waals surface area contributed by atoms with Crippen LogP contribution in [0, 0.1) is 0 Å². The summed E-state index contributed by atoms with van der Waals surface area (Å²) < 4.78 is 7.08. The summed E-state index contributed by atoms with van der Waals surface area (Å²) in [5.74, 6) is 0. The highest BCUT2D eigenvalue weighted by molar-refractivity contribution is 6.31. The lowest BCUT2D eigenvalue weighted by Crippen LogP contribution is -1.95. The molecule has 0 bridgehead atoms. The second-order valence-electron chi connectivity index (χ2n) is 12.3. The van der Waals surface area contributed by atoms with E-state index in [4.69, 9.17) is 9.97 Å². The van der Waals surface area contributed by atoms with E-state index >= 15 is 0 Å². The van der Waals surface area contributed by atoms with Gasteiger partial charge in [-0.05, 0) is 78.9 Å². The normalized spacial score (nSPS) is 12.3. The monoisotopic (exact) mass is 599 g/mol. The molecule has 0 aliphatic heterocycles. The van der Waals surface area contributed by atoms with Gasteiger partial charge in [0.15, 0.2) is 0 Å². The summed E-state index contributed by atoms with van der Waals surface area (Å²) in [6.07, 6.45) is 1.90. The van der Waals surface area contributed by atoms with Crippen LogP contribution < -0.4 is 0 Å². The summed E-state index contributed by atoms with van der Waals surface area (Å²) in [6.45, 7) is 0. The number of imidazole rings is 1. The van der Waals surface area contributed by atoms with Gasteiger partial charge in [0.1, 0.15) is 5.65 Å². The first kappa shape index (κ1) is 24.8. The van der Waals surface area contributed by atoms with Crippen LogP contribution >= 0.6 is 0 Å². The Balaban J connectivity index is 1.41. The number of hydrogen-bond donors (Lipinski definition) is 0. The molecule has 0 fully saturated rings. The summed E-state index contributed by atoms with van der Waals surface area (Å²) >= 11 is 0. The highest BCUT2D eigenvalue weighted by atomic mass is 15.0. The van der Waals surface area contributed by atoms with Crippen molar-refractivity contribution >= 4 is 82.1 Å². The van der Waals surface area contributed by atoms with E-state index < -0.39 is 0 Å². The van der Waals surface area contributed by atoms with Crippen LogP contribution in [0.4, 0.5) is 0 Å². The van der Waals surface area contributed by atoms with Gasteiger partial charge in [-0.25, -0.2) is 4.98 Å². The molecule has 0 amide bonds. The number of fused-ring (bicyclic) bond motifs is 15. The van der Waals surface area contributed by atoms with Gasteiger partial charge >= 0.3 is 0 Å². The van der Waals surface area contributed by atoms with E-state index in [1.165, 1.54) is 38.1 Å². The molecule has 0 unspecified atom stereocenters. The number of benzene rings is 6. The van der Waals surface area contributed by atoms with Crippen molar-refractivity contribution in [3.05, 3.63) is 152 Å². The molecule has 47 heavy (non-hydrogen) atoms. The average molecular weight is 600 g/mol. The first-order valence-electron chi connectivity index (χ1n) is 15.9. The Morgan fingerprint density at radius 3 is 1.79 bits per heavy atom. The molecule has 11 rings (SSSR count). The lowest BCUT2D eigenvalue weighted by molar-refractivity contribution is 1.17. The molecule has 6 aromatic carbocycles. The second kappa shape index (κ2) is 9.05. The van der Waals surface area contributed by atoms with Gasteiger partial charge in [-0.2, -0.15) is 0 Å². The Kier molecular flexibility index (Phi) is 4.78. The molecule has 0 saturated carbocycles. The minimum absolute atomic E-state index is 0.944. The van der Waals surface area contributed by atoms with Crippen LogP contribution in [-0.2, 0) is 0 Å². The molecule has 5 heterocycles. The van der Waals surface area contributed by atoms with Crippen LogP contribution in [0.2, 0.25) is 0 Å². The van der Waals surface area contributed by atoms with Crippen molar-refractivity contribution in [2.75, 3.05) is 0 Å². The van der Waals surface area contributed by atoms with Crippen LogP contribution in [0.15, 0.2) is 152 Å². The number of hydrogen-bond acceptors (Lipinski definition) is 2. The van der Waals surface area contributed by atoms with Gasteiger partial charge in [0, 0.05) is 49.9 Å². The van der Waals surface area contributed by atoms with Crippen molar-refractivity contribution < 1.29 is 0 Å². The molecule has 0 aliphatic carbocycles. The van der Waals surface area contributed by atoms with E-state index in [-0.39, 0.29) is 0 Å². The zero-order valence-electron chi connectivity index (χ0n) is 25.2.